The van der Waals surface area contributed by atoms with Gasteiger partial charge < -0.3 is 0 Å². The Hall–Kier alpha value is 0.700. The van der Waals surface area contributed by atoms with Crippen LogP contribution < -0.4 is 0 Å². The Morgan fingerprint density at radius 2 is 0.280 bits per heavy atom. The molecule has 2 heteroatoms. The third-order valence-corrected chi connectivity index (χ3v) is 20.4. The van der Waals surface area contributed by atoms with Crippen LogP contribution in [0.1, 0.15) is 285 Å². The van der Waals surface area contributed by atoms with Crippen LogP contribution in [0.2, 0.25) is 0 Å². The fraction of sp³-hybridized carbons (Fsp3) is 1.00. The lowest BCUT2D eigenvalue weighted by atomic mass is 10.1. The number of unbranched alkanes of at least 4 members (excludes halogenated alkanes) is 36. The third-order valence-electron chi connectivity index (χ3n) is 11.5. The summed E-state index contributed by atoms with van der Waals surface area (Å²) in [5.74, 6) is 6.57. The van der Waals surface area contributed by atoms with Gasteiger partial charge in [0.25, 0.3) is 0 Å². The summed E-state index contributed by atoms with van der Waals surface area (Å²) in [5, 5.41) is 0. The molecule has 0 heterocycles. The van der Waals surface area contributed by atoms with Crippen LogP contribution in [-0.4, -0.2) is 23.0 Å². The Balaban J connectivity index is 4.81. The summed E-state index contributed by atoms with van der Waals surface area (Å²) < 4.78 is 0. The molecule has 0 saturated carbocycles. The van der Waals surface area contributed by atoms with E-state index in [-0.39, 0.29) is 0 Å². The van der Waals surface area contributed by atoms with Crippen LogP contribution in [0.3, 0.4) is 0 Å². The molecular weight excluding hydrogens is 641 g/mol. The summed E-state index contributed by atoms with van der Waals surface area (Å²) in [7, 11) is 0.598. The average Bonchev–Trinajstić information content (AvgIpc) is 3.13. The van der Waals surface area contributed by atoms with Crippen LogP contribution in [0.15, 0.2) is 0 Å². The summed E-state index contributed by atoms with van der Waals surface area (Å²) in [6.07, 6.45) is 59.6. The molecule has 0 nitrogen and oxygen atoms in total. The van der Waals surface area contributed by atoms with Crippen molar-refractivity contribution in [2.24, 2.45) is 0 Å². The summed E-state index contributed by atoms with van der Waals surface area (Å²) in [6.45, 7) is 9.36. The molecule has 0 aliphatic rings. The van der Waals surface area contributed by atoms with Crippen molar-refractivity contribution in [2.75, 3.05) is 23.0 Å². The van der Waals surface area contributed by atoms with Gasteiger partial charge in [0.2, 0.25) is 0 Å². The van der Waals surface area contributed by atoms with Gasteiger partial charge in [0.05, 0.1) is 0 Å². The smallest absolute Gasteiger partial charge is 0.0183 e. The standard InChI is InChI=1S/C48H102S2/c1-5-9-13-17-21-25-29-33-37-41-45-49(46-42-38-34-30-26-22-18-14-10-6-2)50(47-43-39-35-31-27-23-19-15-11-7-3)48-44-40-36-32-28-24-20-16-12-8-4/h49-50H,5-48H2,1-4H3. The first-order chi connectivity index (χ1) is 24.8. The SMILES string of the molecule is CCCCCCCCCCCC[SH](CCCCCCCCCCCC)[SH](CCCCCCCCCCCC)CCCCCCCCCCCC. The molecule has 0 aromatic rings. The Bertz CT molecular complexity index is 479. The zero-order valence-corrected chi connectivity index (χ0v) is 37.8. The van der Waals surface area contributed by atoms with Gasteiger partial charge in [0, 0.05) is 0 Å². The average molecular weight is 743 g/mol. The van der Waals surface area contributed by atoms with Gasteiger partial charge in [-0.15, -0.1) is 0 Å². The minimum atomic E-state index is 0.299. The van der Waals surface area contributed by atoms with Gasteiger partial charge in [-0.05, 0) is 48.7 Å². The molecule has 0 amide bonds. The van der Waals surface area contributed by atoms with Crippen LogP contribution in [0.25, 0.3) is 0 Å². The van der Waals surface area contributed by atoms with E-state index in [0.29, 0.717) is 19.9 Å². The number of hydrogen-bond acceptors (Lipinski definition) is 0. The van der Waals surface area contributed by atoms with Crippen molar-refractivity contribution in [3.8, 4) is 0 Å². The van der Waals surface area contributed by atoms with Crippen molar-refractivity contribution >= 4 is 19.9 Å². The predicted octanol–water partition coefficient (Wildman–Crippen LogP) is 18.6. The lowest BCUT2D eigenvalue weighted by Crippen LogP contribution is -2.04. The number of thiol groups is 2. The molecule has 0 aromatic carbocycles. The maximum Gasteiger partial charge on any atom is -0.0183 e. The minimum absolute atomic E-state index is 0.299. The first kappa shape index (κ1) is 50.7. The quantitative estimate of drug-likeness (QED) is 0.0346. The second-order valence-corrected chi connectivity index (χ2v) is 23.8. The molecule has 0 aliphatic carbocycles. The monoisotopic (exact) mass is 743 g/mol. The van der Waals surface area contributed by atoms with E-state index in [1.54, 1.807) is 48.7 Å². The first-order valence-corrected chi connectivity index (χ1v) is 28.4. The number of rotatable bonds is 45. The van der Waals surface area contributed by atoms with E-state index >= 15 is 0 Å². The first-order valence-electron chi connectivity index (χ1n) is 24.3. The molecule has 0 unspecified atom stereocenters. The van der Waals surface area contributed by atoms with Gasteiger partial charge in [-0.3, -0.25) is 0 Å². The molecule has 0 N–H and O–H groups in total. The van der Waals surface area contributed by atoms with Crippen molar-refractivity contribution < 1.29 is 0 Å². The van der Waals surface area contributed by atoms with E-state index in [2.05, 4.69) is 27.7 Å². The minimum Gasteiger partial charge on any atom is -0.224 e. The van der Waals surface area contributed by atoms with Crippen LogP contribution in [-0.2, 0) is 0 Å². The van der Waals surface area contributed by atoms with Crippen LogP contribution in [0.5, 0.6) is 0 Å². The molecule has 0 spiro atoms. The van der Waals surface area contributed by atoms with Gasteiger partial charge in [-0.25, -0.2) is 19.9 Å². The van der Waals surface area contributed by atoms with Gasteiger partial charge in [-0.2, -0.15) is 0 Å². The van der Waals surface area contributed by atoms with Crippen LogP contribution >= 0.6 is 19.9 Å². The zero-order valence-electron chi connectivity index (χ0n) is 36.0. The zero-order chi connectivity index (χ0) is 36.3. The van der Waals surface area contributed by atoms with Gasteiger partial charge in [0.15, 0.2) is 0 Å². The van der Waals surface area contributed by atoms with E-state index in [4.69, 9.17) is 0 Å². The van der Waals surface area contributed by atoms with E-state index in [1.807, 2.05) is 0 Å². The summed E-state index contributed by atoms with van der Waals surface area (Å²) in [4.78, 5) is 0. The normalized spacial score (nSPS) is 12.2. The van der Waals surface area contributed by atoms with Crippen molar-refractivity contribution in [3.63, 3.8) is 0 Å². The highest BCUT2D eigenvalue weighted by atomic mass is 33.2. The molecule has 0 aliphatic heterocycles. The maximum absolute atomic E-state index is 2.34. The second-order valence-electron chi connectivity index (χ2n) is 16.6. The Morgan fingerprint density at radius 1 is 0.160 bits per heavy atom. The number of hydrogen-bond donors (Lipinski definition) is 2. The Kier molecular flexibility index (Phi) is 46.5. The third kappa shape index (κ3) is 39.9. The molecule has 0 fully saturated rings. The molecule has 0 atom stereocenters. The summed E-state index contributed by atoms with van der Waals surface area (Å²) in [5.41, 5.74) is 0. The highest BCUT2D eigenvalue weighted by Crippen LogP contribution is 2.56. The topological polar surface area (TPSA) is 0 Å². The van der Waals surface area contributed by atoms with Crippen molar-refractivity contribution in [2.45, 2.75) is 285 Å². The second kappa shape index (κ2) is 45.9. The van der Waals surface area contributed by atoms with Crippen LogP contribution in [0, 0.1) is 0 Å². The lowest BCUT2D eigenvalue weighted by Gasteiger charge is -2.36. The van der Waals surface area contributed by atoms with E-state index < -0.39 is 0 Å². The molecule has 0 rings (SSSR count). The van der Waals surface area contributed by atoms with Crippen molar-refractivity contribution in [1.82, 2.24) is 0 Å². The Morgan fingerprint density at radius 3 is 0.420 bits per heavy atom. The highest BCUT2D eigenvalue weighted by molar-refractivity contribution is 8.92. The van der Waals surface area contributed by atoms with Gasteiger partial charge >= 0.3 is 0 Å². The van der Waals surface area contributed by atoms with E-state index in [1.165, 1.54) is 231 Å². The molecule has 306 valence electrons. The van der Waals surface area contributed by atoms with E-state index in [0.717, 1.165) is 0 Å². The molecular formula is C48H102S2. The van der Waals surface area contributed by atoms with Crippen molar-refractivity contribution in [3.05, 3.63) is 0 Å². The van der Waals surface area contributed by atoms with Gasteiger partial charge in [-0.1, -0.05) is 259 Å². The highest BCUT2D eigenvalue weighted by Gasteiger charge is 2.14. The molecule has 0 aromatic heterocycles. The largest absolute Gasteiger partial charge is 0.224 e. The molecule has 0 saturated heterocycles. The maximum atomic E-state index is 2.34. The predicted molar refractivity (Wildman–Crippen MR) is 245 cm³/mol. The summed E-state index contributed by atoms with van der Waals surface area (Å²) >= 11 is 0. The van der Waals surface area contributed by atoms with Crippen molar-refractivity contribution in [1.29, 1.82) is 0 Å². The fourth-order valence-corrected chi connectivity index (χ4v) is 16.9. The fourth-order valence-electron chi connectivity index (χ4n) is 7.92. The Labute approximate surface area is 325 Å². The van der Waals surface area contributed by atoms with Crippen LogP contribution in [0.4, 0.5) is 0 Å². The summed E-state index contributed by atoms with van der Waals surface area (Å²) in [6, 6.07) is 0. The molecule has 50 heavy (non-hydrogen) atoms. The molecule has 0 radical (unpaired) electrons. The molecule has 0 bridgehead atoms. The van der Waals surface area contributed by atoms with Gasteiger partial charge in [0.1, 0.15) is 0 Å². The lowest BCUT2D eigenvalue weighted by molar-refractivity contribution is 0.561. The van der Waals surface area contributed by atoms with E-state index in [9.17, 15) is 0 Å².